The number of hydrogen-bond acceptors (Lipinski definition) is 7. The average molecular weight is 404 g/mol. The molecule has 4 atom stereocenters. The van der Waals surface area contributed by atoms with Crippen molar-refractivity contribution >= 4 is 23.5 Å². The summed E-state index contributed by atoms with van der Waals surface area (Å²) >= 11 is 5.87. The van der Waals surface area contributed by atoms with E-state index < -0.39 is 12.1 Å². The fourth-order valence-corrected chi connectivity index (χ4v) is 4.24. The quantitative estimate of drug-likeness (QED) is 0.785. The van der Waals surface area contributed by atoms with Gasteiger partial charge in [-0.15, -0.1) is 0 Å². The lowest BCUT2D eigenvalue weighted by Gasteiger charge is -2.35. The molecule has 0 unspecified atom stereocenters. The van der Waals surface area contributed by atoms with Gasteiger partial charge in [0.05, 0.1) is 36.2 Å². The molecule has 0 radical (unpaired) electrons. The number of anilines is 1. The van der Waals surface area contributed by atoms with Gasteiger partial charge in [-0.2, -0.15) is 0 Å². The van der Waals surface area contributed by atoms with Gasteiger partial charge >= 0.3 is 5.97 Å². The van der Waals surface area contributed by atoms with Crippen molar-refractivity contribution in [3.8, 4) is 5.75 Å². The summed E-state index contributed by atoms with van der Waals surface area (Å²) in [7, 11) is 1.34. The van der Waals surface area contributed by atoms with E-state index in [9.17, 15) is 9.90 Å². The first-order valence-corrected chi connectivity index (χ1v) is 9.67. The highest BCUT2D eigenvalue weighted by atomic mass is 35.5. The largest absolute Gasteiger partial charge is 0.488 e. The normalized spacial score (nSPS) is 26.6. The zero-order valence-electron chi connectivity index (χ0n) is 15.5. The van der Waals surface area contributed by atoms with Gasteiger partial charge in [-0.3, -0.25) is 0 Å². The lowest BCUT2D eigenvalue weighted by Crippen LogP contribution is -2.42. The second kappa shape index (κ2) is 7.93. The molecule has 1 N–H and O–H groups in total. The van der Waals surface area contributed by atoms with Crippen LogP contribution in [0, 0.1) is 11.8 Å². The third-order valence-corrected chi connectivity index (χ3v) is 5.71. The van der Waals surface area contributed by atoms with Crippen molar-refractivity contribution in [2.45, 2.75) is 25.0 Å². The minimum atomic E-state index is -0.561. The molecule has 2 heterocycles. The molecule has 1 aromatic carbocycles. The maximum atomic E-state index is 11.7. The lowest BCUT2D eigenvalue weighted by molar-refractivity contribution is -0.0231. The highest BCUT2D eigenvalue weighted by Gasteiger charge is 2.43. The zero-order valence-corrected chi connectivity index (χ0v) is 16.2. The van der Waals surface area contributed by atoms with Crippen LogP contribution < -0.4 is 9.64 Å². The van der Waals surface area contributed by atoms with Crippen molar-refractivity contribution in [3.05, 3.63) is 47.2 Å². The van der Waals surface area contributed by atoms with Crippen LogP contribution in [0.5, 0.6) is 5.75 Å². The smallest absolute Gasteiger partial charge is 0.337 e. The van der Waals surface area contributed by atoms with E-state index in [-0.39, 0.29) is 6.10 Å². The summed E-state index contributed by atoms with van der Waals surface area (Å²) in [4.78, 5) is 22.5. The number of ether oxygens (including phenoxy) is 2. The number of aliphatic hydroxyl groups excluding tert-OH is 1. The number of halogens is 1. The predicted molar refractivity (Wildman–Crippen MR) is 104 cm³/mol. The Kier molecular flexibility index (Phi) is 5.37. The number of rotatable bonds is 4. The van der Waals surface area contributed by atoms with E-state index in [0.29, 0.717) is 40.5 Å². The van der Waals surface area contributed by atoms with E-state index in [1.807, 2.05) is 0 Å². The summed E-state index contributed by atoms with van der Waals surface area (Å²) in [5.74, 6) is 1.56. The van der Waals surface area contributed by atoms with Gasteiger partial charge in [-0.05, 0) is 42.9 Å². The highest BCUT2D eigenvalue weighted by molar-refractivity contribution is 6.30. The number of fused-ring (bicyclic) bond motifs is 1. The minimum Gasteiger partial charge on any atom is -0.488 e. The summed E-state index contributed by atoms with van der Waals surface area (Å²) in [5, 5.41) is 11.1. The van der Waals surface area contributed by atoms with Gasteiger partial charge in [0.15, 0.2) is 0 Å². The molecule has 4 rings (SSSR count). The maximum Gasteiger partial charge on any atom is 0.337 e. The van der Waals surface area contributed by atoms with Gasteiger partial charge in [-0.1, -0.05) is 17.7 Å². The molecule has 28 heavy (non-hydrogen) atoms. The number of carbonyl (C=O) groups excluding carboxylic acids is 1. The summed E-state index contributed by atoms with van der Waals surface area (Å²) in [6.45, 7) is 1.63. The molecule has 0 spiro atoms. The van der Waals surface area contributed by atoms with Gasteiger partial charge in [0.25, 0.3) is 0 Å². The standard InChI is InChI=1S/C20H22ClN3O4/c1-27-19(26)12-3-2-4-16(5-12)28-18-7-14-11-24(10-13(14)6-17(18)25)20-22-8-15(21)9-23-20/h2-5,8-9,13-14,17-18,25H,6-7,10-11H2,1H3/t13-,14+,17+,18+/m0/s1. The van der Waals surface area contributed by atoms with Crippen LogP contribution in [0.25, 0.3) is 0 Å². The first-order valence-electron chi connectivity index (χ1n) is 9.29. The van der Waals surface area contributed by atoms with Crippen LogP contribution in [0.1, 0.15) is 23.2 Å². The highest BCUT2D eigenvalue weighted by Crippen LogP contribution is 2.39. The topological polar surface area (TPSA) is 84.8 Å². The van der Waals surface area contributed by atoms with Crippen LogP contribution >= 0.6 is 11.6 Å². The SMILES string of the molecule is COC(=O)c1cccc(O[C@@H]2C[C@@H]3CN(c4ncc(Cl)cn4)C[C@@H]3C[C@H]2O)c1. The predicted octanol–water partition coefficient (Wildman–Crippen LogP) is 2.57. The summed E-state index contributed by atoms with van der Waals surface area (Å²) in [5.41, 5.74) is 0.426. The second-order valence-electron chi connectivity index (χ2n) is 7.34. The Balaban J connectivity index is 1.43. The van der Waals surface area contributed by atoms with E-state index in [4.69, 9.17) is 21.1 Å². The van der Waals surface area contributed by atoms with Crippen LogP contribution in [0.3, 0.4) is 0 Å². The first kappa shape index (κ1) is 19.0. The zero-order chi connectivity index (χ0) is 19.7. The van der Waals surface area contributed by atoms with Crippen LogP contribution in [0.15, 0.2) is 36.7 Å². The maximum absolute atomic E-state index is 11.7. The Morgan fingerprint density at radius 2 is 1.93 bits per heavy atom. The molecule has 7 nitrogen and oxygen atoms in total. The molecule has 1 aliphatic carbocycles. The van der Waals surface area contributed by atoms with E-state index in [2.05, 4.69) is 14.9 Å². The molecule has 8 heteroatoms. The second-order valence-corrected chi connectivity index (χ2v) is 7.78. The Hall–Kier alpha value is -2.38. The van der Waals surface area contributed by atoms with Crippen molar-refractivity contribution in [2.75, 3.05) is 25.1 Å². The molecular formula is C20H22ClN3O4. The van der Waals surface area contributed by atoms with E-state index in [1.165, 1.54) is 7.11 Å². The van der Waals surface area contributed by atoms with E-state index in [1.54, 1.807) is 36.7 Å². The van der Waals surface area contributed by atoms with Gasteiger partial charge in [0.2, 0.25) is 5.95 Å². The summed E-state index contributed by atoms with van der Waals surface area (Å²) < 4.78 is 10.8. The monoisotopic (exact) mass is 403 g/mol. The van der Waals surface area contributed by atoms with Gasteiger partial charge in [0.1, 0.15) is 11.9 Å². The molecule has 1 saturated heterocycles. The summed E-state index contributed by atoms with van der Waals surface area (Å²) in [6.07, 6.45) is 3.71. The number of hydrogen-bond donors (Lipinski definition) is 1. The molecule has 0 amide bonds. The van der Waals surface area contributed by atoms with Crippen LogP contribution in [0.2, 0.25) is 5.02 Å². The molecule has 1 aliphatic heterocycles. The number of aromatic nitrogens is 2. The fraction of sp³-hybridized carbons (Fsp3) is 0.450. The van der Waals surface area contributed by atoms with Crippen molar-refractivity contribution in [3.63, 3.8) is 0 Å². The molecule has 1 saturated carbocycles. The number of carbonyl (C=O) groups is 1. The molecule has 2 fully saturated rings. The van der Waals surface area contributed by atoms with Gasteiger partial charge in [-0.25, -0.2) is 14.8 Å². The number of methoxy groups -OCH3 is 1. The van der Waals surface area contributed by atoms with Crippen LogP contribution in [-0.4, -0.2) is 53.5 Å². The van der Waals surface area contributed by atoms with Crippen LogP contribution in [-0.2, 0) is 4.74 Å². The van der Waals surface area contributed by atoms with Gasteiger partial charge < -0.3 is 19.5 Å². The molecular weight excluding hydrogens is 382 g/mol. The Bertz CT molecular complexity index is 848. The van der Waals surface area contributed by atoms with E-state index in [0.717, 1.165) is 19.5 Å². The van der Waals surface area contributed by atoms with Gasteiger partial charge in [0, 0.05) is 13.1 Å². The minimum absolute atomic E-state index is 0.319. The number of benzene rings is 1. The number of aliphatic hydroxyl groups is 1. The lowest BCUT2D eigenvalue weighted by atomic mass is 9.78. The molecule has 1 aromatic heterocycles. The molecule has 148 valence electrons. The number of esters is 1. The van der Waals surface area contributed by atoms with Crippen molar-refractivity contribution in [2.24, 2.45) is 11.8 Å². The Labute approximate surface area is 168 Å². The molecule has 2 aromatic rings. The van der Waals surface area contributed by atoms with Crippen molar-refractivity contribution in [1.29, 1.82) is 0 Å². The summed E-state index contributed by atoms with van der Waals surface area (Å²) in [6, 6.07) is 6.85. The fourth-order valence-electron chi connectivity index (χ4n) is 4.14. The molecule has 2 aliphatic rings. The molecule has 0 bridgehead atoms. The van der Waals surface area contributed by atoms with E-state index >= 15 is 0 Å². The van der Waals surface area contributed by atoms with Crippen molar-refractivity contribution in [1.82, 2.24) is 9.97 Å². The number of nitrogens with zero attached hydrogens (tertiary/aromatic N) is 3. The van der Waals surface area contributed by atoms with Crippen LogP contribution in [0.4, 0.5) is 5.95 Å². The Morgan fingerprint density at radius 1 is 1.21 bits per heavy atom. The first-order chi connectivity index (χ1) is 13.5. The Morgan fingerprint density at radius 3 is 2.64 bits per heavy atom. The average Bonchev–Trinajstić information content (AvgIpc) is 3.11. The third kappa shape index (κ3) is 3.91. The van der Waals surface area contributed by atoms with Crippen molar-refractivity contribution < 1.29 is 19.4 Å². The third-order valence-electron chi connectivity index (χ3n) is 5.52.